The topological polar surface area (TPSA) is 13.1 Å². The van der Waals surface area contributed by atoms with E-state index in [1.165, 1.54) is 65.3 Å². The summed E-state index contributed by atoms with van der Waals surface area (Å²) >= 11 is 0. The first-order chi connectivity index (χ1) is 16.7. The highest BCUT2D eigenvalue weighted by Gasteiger charge is 2.40. The van der Waals surface area contributed by atoms with E-state index >= 15 is 0 Å². The fourth-order valence-electron chi connectivity index (χ4n) is 7.02. The molecule has 1 heteroatoms. The fourth-order valence-corrected chi connectivity index (χ4v) is 7.02. The monoisotopic (exact) mass is 436 g/mol. The van der Waals surface area contributed by atoms with Gasteiger partial charge < -0.3 is 4.42 Å². The molecule has 8 rings (SSSR count). The van der Waals surface area contributed by atoms with Crippen LogP contribution in [0, 0.1) is 0 Å². The number of fused-ring (bicyclic) bond motifs is 8. The van der Waals surface area contributed by atoms with Crippen molar-refractivity contribution in [1.29, 1.82) is 0 Å². The van der Waals surface area contributed by atoms with Crippen molar-refractivity contribution in [3.05, 3.63) is 96.1 Å². The third-order valence-electron chi connectivity index (χ3n) is 8.36. The lowest BCUT2D eigenvalue weighted by atomic mass is 9.74. The van der Waals surface area contributed by atoms with E-state index in [2.05, 4.69) is 98.8 Å². The smallest absolute Gasteiger partial charge is 0.143 e. The fraction of sp³-hybridized carbons (Fsp3) is 0.152. The maximum atomic E-state index is 6.43. The number of benzene rings is 6. The Morgan fingerprint density at radius 2 is 1.41 bits per heavy atom. The molecule has 0 radical (unpaired) electrons. The van der Waals surface area contributed by atoms with Gasteiger partial charge in [-0.25, -0.2) is 0 Å². The van der Waals surface area contributed by atoms with E-state index in [1.54, 1.807) is 0 Å². The van der Waals surface area contributed by atoms with Crippen molar-refractivity contribution >= 4 is 54.3 Å². The second kappa shape index (κ2) is 6.18. The van der Waals surface area contributed by atoms with Crippen LogP contribution in [0.4, 0.5) is 0 Å². The first-order valence-electron chi connectivity index (χ1n) is 12.3. The molecule has 1 aliphatic rings. The summed E-state index contributed by atoms with van der Waals surface area (Å²) in [4.78, 5) is 0. The zero-order valence-electron chi connectivity index (χ0n) is 19.4. The molecule has 34 heavy (non-hydrogen) atoms. The van der Waals surface area contributed by atoms with E-state index in [-0.39, 0.29) is 5.41 Å². The van der Waals surface area contributed by atoms with Gasteiger partial charge in [0.2, 0.25) is 0 Å². The van der Waals surface area contributed by atoms with Crippen LogP contribution in [0.25, 0.3) is 65.4 Å². The first-order valence-corrected chi connectivity index (χ1v) is 12.3. The average Bonchev–Trinajstić information content (AvgIpc) is 3.36. The summed E-state index contributed by atoms with van der Waals surface area (Å²) in [5.74, 6) is 0. The molecule has 7 aromatic rings. The highest BCUT2D eigenvalue weighted by atomic mass is 16.3. The van der Waals surface area contributed by atoms with Gasteiger partial charge >= 0.3 is 0 Å². The summed E-state index contributed by atoms with van der Waals surface area (Å²) in [5.41, 5.74) is 7.77. The van der Waals surface area contributed by atoms with Crippen molar-refractivity contribution in [1.82, 2.24) is 0 Å². The van der Waals surface area contributed by atoms with E-state index < -0.39 is 0 Å². The van der Waals surface area contributed by atoms with Crippen LogP contribution in [0.5, 0.6) is 0 Å². The minimum Gasteiger partial charge on any atom is -0.455 e. The van der Waals surface area contributed by atoms with Crippen molar-refractivity contribution in [3.63, 3.8) is 0 Å². The summed E-state index contributed by atoms with van der Waals surface area (Å²) in [6.45, 7) is 4.76. The summed E-state index contributed by atoms with van der Waals surface area (Å²) in [7, 11) is 0. The molecular weight excluding hydrogens is 412 g/mol. The van der Waals surface area contributed by atoms with Gasteiger partial charge in [0.25, 0.3) is 0 Å². The number of furan rings is 1. The predicted molar refractivity (Wildman–Crippen MR) is 144 cm³/mol. The lowest BCUT2D eigenvalue weighted by Gasteiger charge is -2.29. The molecule has 0 N–H and O–H groups in total. The van der Waals surface area contributed by atoms with Crippen LogP contribution in [-0.4, -0.2) is 0 Å². The van der Waals surface area contributed by atoms with E-state index in [9.17, 15) is 0 Å². The summed E-state index contributed by atoms with van der Waals surface area (Å²) in [6.07, 6.45) is 2.31. The van der Waals surface area contributed by atoms with Gasteiger partial charge in [0.05, 0.1) is 0 Å². The Morgan fingerprint density at radius 3 is 2.29 bits per heavy atom. The quantitative estimate of drug-likeness (QED) is 0.246. The second-order valence-corrected chi connectivity index (χ2v) is 10.2. The molecule has 0 spiro atoms. The van der Waals surface area contributed by atoms with Crippen LogP contribution in [0.1, 0.15) is 37.8 Å². The van der Waals surface area contributed by atoms with Gasteiger partial charge in [-0.2, -0.15) is 0 Å². The Balaban J connectivity index is 1.58. The molecule has 0 amide bonds. The van der Waals surface area contributed by atoms with E-state index in [0.717, 1.165) is 24.0 Å². The lowest BCUT2D eigenvalue weighted by Crippen LogP contribution is -2.20. The van der Waals surface area contributed by atoms with Crippen LogP contribution in [0.3, 0.4) is 0 Å². The number of rotatable bonds is 2. The molecule has 0 saturated carbocycles. The summed E-state index contributed by atoms with van der Waals surface area (Å²) in [6, 6.07) is 31.5. The van der Waals surface area contributed by atoms with Crippen molar-refractivity contribution in [2.24, 2.45) is 0 Å². The Hall–Kier alpha value is -3.84. The molecule has 162 valence electrons. The van der Waals surface area contributed by atoms with Crippen molar-refractivity contribution in [3.8, 4) is 11.1 Å². The van der Waals surface area contributed by atoms with Crippen LogP contribution in [0.15, 0.2) is 89.3 Å². The van der Waals surface area contributed by atoms with Gasteiger partial charge in [-0.05, 0) is 74.5 Å². The van der Waals surface area contributed by atoms with E-state index in [1.807, 2.05) is 0 Å². The highest BCUT2D eigenvalue weighted by Crippen LogP contribution is 2.55. The molecule has 0 fully saturated rings. The number of para-hydroxylation sites is 1. The molecule has 1 nitrogen and oxygen atoms in total. The predicted octanol–water partition coefficient (Wildman–Crippen LogP) is 9.57. The zero-order chi connectivity index (χ0) is 22.6. The van der Waals surface area contributed by atoms with Gasteiger partial charge in [0, 0.05) is 27.0 Å². The molecule has 0 saturated heterocycles. The molecule has 1 unspecified atom stereocenters. The van der Waals surface area contributed by atoms with Crippen molar-refractivity contribution in [2.45, 2.75) is 32.1 Å². The Morgan fingerprint density at radius 1 is 0.676 bits per heavy atom. The normalized spacial score (nSPS) is 17.5. The SMILES string of the molecule is CCCC1(C)c2ccccc2-c2cc3ccc4c5oc6ccccc6c5cc5ccc(c21)c3c54. The maximum absolute atomic E-state index is 6.43. The maximum Gasteiger partial charge on any atom is 0.143 e. The van der Waals surface area contributed by atoms with Gasteiger partial charge in [-0.3, -0.25) is 0 Å². The van der Waals surface area contributed by atoms with E-state index in [0.29, 0.717) is 0 Å². The van der Waals surface area contributed by atoms with Gasteiger partial charge in [-0.15, -0.1) is 0 Å². The van der Waals surface area contributed by atoms with Gasteiger partial charge in [-0.1, -0.05) is 80.9 Å². The third-order valence-corrected chi connectivity index (χ3v) is 8.36. The van der Waals surface area contributed by atoms with Gasteiger partial charge in [0.1, 0.15) is 11.2 Å². The zero-order valence-corrected chi connectivity index (χ0v) is 19.4. The Labute approximate surface area is 197 Å². The third kappa shape index (κ3) is 2.07. The average molecular weight is 437 g/mol. The minimum absolute atomic E-state index is 0.0255. The Kier molecular flexibility index (Phi) is 3.38. The molecule has 1 heterocycles. The van der Waals surface area contributed by atoms with Crippen LogP contribution in [-0.2, 0) is 5.41 Å². The molecular formula is C33H24O. The molecule has 1 aliphatic carbocycles. The molecule has 6 aromatic carbocycles. The number of hydrogen-bond acceptors (Lipinski definition) is 1. The molecule has 1 atom stereocenters. The largest absolute Gasteiger partial charge is 0.455 e. The minimum atomic E-state index is 0.0255. The first kappa shape index (κ1) is 18.6. The molecule has 0 aliphatic heterocycles. The molecule has 0 bridgehead atoms. The van der Waals surface area contributed by atoms with Crippen molar-refractivity contribution < 1.29 is 4.42 Å². The highest BCUT2D eigenvalue weighted by molar-refractivity contribution is 6.31. The van der Waals surface area contributed by atoms with Crippen LogP contribution in [0.2, 0.25) is 0 Å². The Bertz CT molecular complexity index is 1940. The van der Waals surface area contributed by atoms with Crippen LogP contribution >= 0.6 is 0 Å². The summed E-state index contributed by atoms with van der Waals surface area (Å²) < 4.78 is 6.43. The second-order valence-electron chi connectivity index (χ2n) is 10.2. The van der Waals surface area contributed by atoms with Crippen molar-refractivity contribution in [2.75, 3.05) is 0 Å². The standard InChI is InChI=1S/C33H24O/c1-3-16-33(2)27-10-6-4-8-21(27)25-17-19-13-15-24-30-20(12-14-23(29(19)30)31(25)33)18-26-22-9-5-7-11-28(22)34-32(24)26/h4-15,17-18H,3,16H2,1-2H3. The summed E-state index contributed by atoms with van der Waals surface area (Å²) in [5, 5.41) is 10.3. The van der Waals surface area contributed by atoms with Crippen LogP contribution < -0.4 is 0 Å². The van der Waals surface area contributed by atoms with Gasteiger partial charge in [0.15, 0.2) is 0 Å². The van der Waals surface area contributed by atoms with E-state index in [4.69, 9.17) is 4.42 Å². The number of hydrogen-bond donors (Lipinski definition) is 0. The molecule has 1 aromatic heterocycles. The lowest BCUT2D eigenvalue weighted by molar-refractivity contribution is 0.528.